The van der Waals surface area contributed by atoms with Crippen LogP contribution >= 0.6 is 0 Å². The number of hydrogen-bond acceptors (Lipinski definition) is 11. The van der Waals surface area contributed by atoms with Crippen molar-refractivity contribution < 1.29 is 51.9 Å². The largest absolute Gasteiger partial charge is 0.462 e. The van der Waals surface area contributed by atoms with E-state index in [1.165, 1.54) is 6.07 Å². The number of ketones is 1. The standard InChI is InChI=1S/C47H70FNO10/c1-10-31-15-12-16-39(59-41-18-17-38(49(5)6)26(3)55-41)25(2)43(51)37-23-35-33-22-32(58-47-46(54-9)45(53-8)44(52-7)27(4)56-47)20-29(33)21-34(28-13-11-14-30(48)19-28)42(35)36(37)24-40(50)57-31/h11,13-14,19,23,25-27,29,31-36,38-39,41-42,44-47H,10,12,15-18,20-22,24H2,1-9H3/t25-,26?,27?,29+,31+,32-,33-,34?,35+,36-,38+,39+,41+,42?,44+,45?,46?,47+/m1/s1. The second kappa shape index (κ2) is 19.4. The molecule has 11 nitrogen and oxygen atoms in total. The molecule has 0 amide bonds. The van der Waals surface area contributed by atoms with Gasteiger partial charge in [0.2, 0.25) is 0 Å². The Labute approximate surface area is 351 Å². The zero-order valence-electron chi connectivity index (χ0n) is 36.8. The third kappa shape index (κ3) is 9.41. The Morgan fingerprint density at radius 2 is 1.61 bits per heavy atom. The van der Waals surface area contributed by atoms with Gasteiger partial charge < -0.3 is 42.8 Å². The van der Waals surface area contributed by atoms with Gasteiger partial charge in [0.1, 0.15) is 30.2 Å². The molecule has 12 heteroatoms. The highest BCUT2D eigenvalue weighted by Gasteiger charge is 2.57. The molecule has 6 unspecified atom stereocenters. The number of rotatable bonds is 10. The normalized spacial score (nSPS) is 43.2. The van der Waals surface area contributed by atoms with Crippen LogP contribution in [0.4, 0.5) is 4.39 Å². The van der Waals surface area contributed by atoms with E-state index in [4.69, 9.17) is 37.9 Å². The van der Waals surface area contributed by atoms with Gasteiger partial charge in [-0.15, -0.1) is 0 Å². The maximum atomic E-state index is 15.1. The minimum Gasteiger partial charge on any atom is -0.462 e. The number of ether oxygens (including phenoxy) is 8. The van der Waals surface area contributed by atoms with Crippen molar-refractivity contribution in [1.29, 1.82) is 0 Å². The first-order chi connectivity index (χ1) is 28.3. The number of allylic oxidation sites excluding steroid dienone is 2. The Balaban J connectivity index is 1.20. The summed E-state index contributed by atoms with van der Waals surface area (Å²) in [5, 5.41) is 0. The first-order valence-corrected chi connectivity index (χ1v) is 22.4. The van der Waals surface area contributed by atoms with E-state index in [-0.39, 0.29) is 102 Å². The Bertz CT molecular complexity index is 1620. The second-order valence-corrected chi connectivity index (χ2v) is 18.6. The van der Waals surface area contributed by atoms with Crippen LogP contribution in [-0.2, 0) is 47.5 Å². The maximum Gasteiger partial charge on any atom is 0.306 e. The van der Waals surface area contributed by atoms with Crippen molar-refractivity contribution in [1.82, 2.24) is 4.90 Å². The van der Waals surface area contributed by atoms with Gasteiger partial charge >= 0.3 is 5.97 Å². The molecular weight excluding hydrogens is 758 g/mol. The summed E-state index contributed by atoms with van der Waals surface area (Å²) in [5.74, 6) is -1.13. The van der Waals surface area contributed by atoms with Crippen LogP contribution in [0.2, 0.25) is 0 Å². The molecule has 0 spiro atoms. The summed E-state index contributed by atoms with van der Waals surface area (Å²) in [4.78, 5) is 31.3. The highest BCUT2D eigenvalue weighted by Crippen LogP contribution is 2.61. The van der Waals surface area contributed by atoms with Crippen molar-refractivity contribution in [3.05, 3.63) is 47.3 Å². The van der Waals surface area contributed by atoms with Crippen molar-refractivity contribution in [2.24, 2.45) is 35.5 Å². The number of likely N-dealkylation sites (N-methyl/N-ethyl adjacent to an activating group) is 1. The third-order valence-corrected chi connectivity index (χ3v) is 15.1. The Morgan fingerprint density at radius 3 is 2.29 bits per heavy atom. The molecule has 6 aliphatic rings. The number of halogens is 1. The van der Waals surface area contributed by atoms with Gasteiger partial charge in [0, 0.05) is 39.2 Å². The number of fused-ring (bicyclic) bond motifs is 5. The molecule has 0 bridgehead atoms. The number of Topliss-reactive ketones (excluding diaryl/α,β-unsaturated/α-hetero) is 1. The SMILES string of the molecule is CC[C@H]1CCC[C@H](O[C@H]2CC[C@H](N(C)C)C(C)O2)[C@@H](C)C(=O)C2=C[C@@H]3C(C(c4cccc(F)c4)C[C@@H]4C[C@@H](O[C@@H]5OC(C)[C@H](OC)C(OC)C5OC)C[C@H]43)[C@@H]2CC(=O)O1. The van der Waals surface area contributed by atoms with Crippen molar-refractivity contribution >= 4 is 11.8 Å². The van der Waals surface area contributed by atoms with Crippen LogP contribution in [0.25, 0.3) is 0 Å². The van der Waals surface area contributed by atoms with Crippen LogP contribution in [0.3, 0.4) is 0 Å². The number of benzene rings is 1. The van der Waals surface area contributed by atoms with Crippen molar-refractivity contribution in [3.63, 3.8) is 0 Å². The maximum absolute atomic E-state index is 15.1. The lowest BCUT2D eigenvalue weighted by Crippen LogP contribution is -2.59. The summed E-state index contributed by atoms with van der Waals surface area (Å²) in [7, 11) is 9.09. The van der Waals surface area contributed by atoms with Crippen LogP contribution < -0.4 is 0 Å². The molecule has 1 aromatic rings. The number of cyclic esters (lactones) is 1. The summed E-state index contributed by atoms with van der Waals surface area (Å²) < 4.78 is 65.2. The molecular formula is C47H70FNO10. The lowest BCUT2D eigenvalue weighted by atomic mass is 9.59. The third-order valence-electron chi connectivity index (χ3n) is 15.1. The second-order valence-electron chi connectivity index (χ2n) is 18.6. The summed E-state index contributed by atoms with van der Waals surface area (Å²) in [5.41, 5.74) is 1.60. The fourth-order valence-corrected chi connectivity index (χ4v) is 12.1. The fourth-order valence-electron chi connectivity index (χ4n) is 12.1. The number of esters is 1. The molecule has 3 aliphatic carbocycles. The van der Waals surface area contributed by atoms with Crippen LogP contribution in [0, 0.1) is 41.3 Å². The van der Waals surface area contributed by atoms with Gasteiger partial charge in [0.05, 0.1) is 30.8 Å². The lowest BCUT2D eigenvalue weighted by Gasteiger charge is -2.44. The number of hydrogen-bond donors (Lipinski definition) is 0. The molecule has 0 aromatic heterocycles. The molecule has 3 heterocycles. The molecule has 3 aliphatic heterocycles. The van der Waals surface area contributed by atoms with E-state index in [1.807, 2.05) is 19.9 Å². The van der Waals surface area contributed by atoms with E-state index in [1.54, 1.807) is 33.5 Å². The predicted molar refractivity (Wildman–Crippen MR) is 219 cm³/mol. The number of carbonyl (C=O) groups excluding carboxylic acids is 2. The van der Waals surface area contributed by atoms with Gasteiger partial charge in [-0.05, 0) is 139 Å². The predicted octanol–water partition coefficient (Wildman–Crippen LogP) is 7.24. The summed E-state index contributed by atoms with van der Waals surface area (Å²) in [6.45, 7) is 8.10. The highest BCUT2D eigenvalue weighted by atomic mass is 19.1. The van der Waals surface area contributed by atoms with Gasteiger partial charge in [-0.25, -0.2) is 4.39 Å². The fraction of sp³-hybridized carbons (Fsp3) is 0.787. The lowest BCUT2D eigenvalue weighted by molar-refractivity contribution is -0.314. The first-order valence-electron chi connectivity index (χ1n) is 22.4. The molecule has 0 radical (unpaired) electrons. The van der Waals surface area contributed by atoms with Crippen molar-refractivity contribution in [2.75, 3.05) is 35.4 Å². The molecule has 3 saturated heterocycles. The quantitative estimate of drug-likeness (QED) is 0.223. The topological polar surface area (TPSA) is 111 Å². The highest BCUT2D eigenvalue weighted by molar-refractivity contribution is 5.99. The minimum atomic E-state index is -0.659. The summed E-state index contributed by atoms with van der Waals surface area (Å²) in [6, 6.07) is 7.20. The smallest absolute Gasteiger partial charge is 0.306 e. The zero-order valence-corrected chi connectivity index (χ0v) is 36.8. The van der Waals surface area contributed by atoms with Gasteiger partial charge in [0.15, 0.2) is 18.4 Å². The van der Waals surface area contributed by atoms with Crippen LogP contribution in [0.1, 0.15) is 103 Å². The Hall–Kier alpha value is -2.29. The summed E-state index contributed by atoms with van der Waals surface area (Å²) in [6.07, 6.45) is 5.96. The van der Waals surface area contributed by atoms with Gasteiger partial charge in [-0.2, -0.15) is 0 Å². The molecule has 1 aromatic carbocycles. The van der Waals surface area contributed by atoms with E-state index in [0.29, 0.717) is 30.9 Å². The first kappa shape index (κ1) is 44.8. The van der Waals surface area contributed by atoms with E-state index in [9.17, 15) is 4.79 Å². The minimum absolute atomic E-state index is 0.000932. The van der Waals surface area contributed by atoms with E-state index in [0.717, 1.165) is 44.1 Å². The monoisotopic (exact) mass is 827 g/mol. The van der Waals surface area contributed by atoms with E-state index >= 15 is 9.18 Å². The van der Waals surface area contributed by atoms with E-state index < -0.39 is 24.6 Å². The van der Waals surface area contributed by atoms with Gasteiger partial charge in [-0.3, -0.25) is 9.59 Å². The van der Waals surface area contributed by atoms with Gasteiger partial charge in [0.25, 0.3) is 0 Å². The van der Waals surface area contributed by atoms with Crippen molar-refractivity contribution in [2.45, 2.75) is 165 Å². The molecule has 18 atom stereocenters. The van der Waals surface area contributed by atoms with E-state index in [2.05, 4.69) is 38.9 Å². The number of carbonyl (C=O) groups is 2. The Kier molecular flexibility index (Phi) is 14.7. The number of methoxy groups -OCH3 is 3. The van der Waals surface area contributed by atoms with Crippen LogP contribution in [0.5, 0.6) is 0 Å². The molecule has 59 heavy (non-hydrogen) atoms. The summed E-state index contributed by atoms with van der Waals surface area (Å²) >= 11 is 0. The molecule has 0 N–H and O–H groups in total. The molecule has 2 saturated carbocycles. The van der Waals surface area contributed by atoms with Gasteiger partial charge in [-0.1, -0.05) is 32.1 Å². The Morgan fingerprint density at radius 1 is 0.847 bits per heavy atom. The van der Waals surface area contributed by atoms with Crippen LogP contribution in [-0.4, -0.2) is 120 Å². The van der Waals surface area contributed by atoms with Crippen molar-refractivity contribution in [3.8, 4) is 0 Å². The average molecular weight is 828 g/mol. The number of nitrogens with zero attached hydrogens (tertiary/aromatic N) is 1. The molecule has 7 rings (SSSR count). The average Bonchev–Trinajstić information content (AvgIpc) is 3.79. The van der Waals surface area contributed by atoms with Crippen LogP contribution in [0.15, 0.2) is 35.9 Å². The molecule has 330 valence electrons. The molecule has 5 fully saturated rings. The zero-order chi connectivity index (χ0) is 42.1.